The third-order valence-corrected chi connectivity index (χ3v) is 10.3. The highest BCUT2D eigenvalue weighted by Gasteiger charge is 2.42. The maximum Gasteiger partial charge on any atom is 0.256 e. The summed E-state index contributed by atoms with van der Waals surface area (Å²) in [5.74, 6) is 1.95. The zero-order chi connectivity index (χ0) is 32.2. The molecule has 2 nitrogen and oxygen atoms in total. The van der Waals surface area contributed by atoms with Crippen LogP contribution in [0.15, 0.2) is 121 Å². The van der Waals surface area contributed by atoms with Gasteiger partial charge in [0.25, 0.3) is 6.71 Å². The first-order valence-electron chi connectivity index (χ1n) is 16.8. The van der Waals surface area contributed by atoms with Gasteiger partial charge in [-0.1, -0.05) is 126 Å². The van der Waals surface area contributed by atoms with Crippen LogP contribution >= 0.6 is 0 Å². The van der Waals surface area contributed by atoms with Crippen molar-refractivity contribution in [1.82, 2.24) is 4.57 Å². The van der Waals surface area contributed by atoms with E-state index in [1.807, 2.05) is 0 Å². The summed E-state index contributed by atoms with van der Waals surface area (Å²) in [5.41, 5.74) is 15.1. The molecule has 0 spiro atoms. The molecule has 7 aromatic rings. The van der Waals surface area contributed by atoms with Gasteiger partial charge < -0.3 is 9.30 Å². The summed E-state index contributed by atoms with van der Waals surface area (Å²) in [4.78, 5) is 0. The second-order valence-electron chi connectivity index (χ2n) is 15.5. The summed E-state index contributed by atoms with van der Waals surface area (Å²) < 4.78 is 9.51. The normalized spacial score (nSPS) is 13.4. The van der Waals surface area contributed by atoms with Crippen molar-refractivity contribution in [2.75, 3.05) is 0 Å². The Kier molecular flexibility index (Phi) is 5.85. The number of hydrogen-bond donors (Lipinski definition) is 0. The van der Waals surface area contributed by atoms with E-state index in [1.165, 1.54) is 77.3 Å². The van der Waals surface area contributed by atoms with Crippen LogP contribution in [0.1, 0.15) is 52.7 Å². The summed E-state index contributed by atoms with van der Waals surface area (Å²) in [7, 11) is 0. The van der Waals surface area contributed by atoms with Gasteiger partial charge in [-0.25, -0.2) is 0 Å². The smallest absolute Gasteiger partial charge is 0.256 e. The molecular formula is C44H38BNO. The van der Waals surface area contributed by atoms with E-state index in [1.54, 1.807) is 0 Å². The van der Waals surface area contributed by atoms with Crippen molar-refractivity contribution in [3.8, 4) is 39.4 Å². The Bertz CT molecular complexity index is 2390. The molecule has 0 fully saturated rings. The minimum absolute atomic E-state index is 0.0209. The zero-order valence-electron chi connectivity index (χ0n) is 28.0. The van der Waals surface area contributed by atoms with E-state index >= 15 is 0 Å². The van der Waals surface area contributed by atoms with E-state index in [4.69, 9.17) is 4.74 Å². The average Bonchev–Trinajstić information content (AvgIpc) is 3.40. The maximum absolute atomic E-state index is 6.97. The first-order chi connectivity index (χ1) is 22.6. The molecule has 0 bridgehead atoms. The van der Waals surface area contributed by atoms with Gasteiger partial charge in [-0.15, -0.1) is 0 Å². The van der Waals surface area contributed by atoms with Crippen LogP contribution < -0.4 is 21.1 Å². The minimum Gasteiger partial charge on any atom is -0.458 e. The fourth-order valence-corrected chi connectivity index (χ4v) is 7.79. The molecule has 228 valence electrons. The minimum atomic E-state index is -0.0437. The van der Waals surface area contributed by atoms with Gasteiger partial charge in [0.15, 0.2) is 0 Å². The molecule has 0 aliphatic carbocycles. The summed E-state index contributed by atoms with van der Waals surface area (Å²) >= 11 is 0. The number of fused-ring (bicyclic) bond motifs is 7. The molecule has 0 atom stereocenters. The van der Waals surface area contributed by atoms with Crippen molar-refractivity contribution in [3.05, 3.63) is 132 Å². The highest BCUT2D eigenvalue weighted by Crippen LogP contribution is 2.42. The van der Waals surface area contributed by atoms with Crippen molar-refractivity contribution in [2.24, 2.45) is 0 Å². The van der Waals surface area contributed by atoms with Gasteiger partial charge in [0.1, 0.15) is 11.5 Å². The third kappa shape index (κ3) is 4.26. The van der Waals surface area contributed by atoms with E-state index in [0.29, 0.717) is 0 Å². The molecule has 0 saturated heterocycles. The highest BCUT2D eigenvalue weighted by molar-refractivity contribution is 6.99. The molecule has 0 radical (unpaired) electrons. The molecule has 2 aliphatic heterocycles. The average molecular weight is 608 g/mol. The molecule has 0 saturated carbocycles. The van der Waals surface area contributed by atoms with Crippen LogP contribution in [-0.2, 0) is 10.8 Å². The van der Waals surface area contributed by atoms with Crippen LogP contribution in [0.25, 0.3) is 49.7 Å². The van der Waals surface area contributed by atoms with Crippen LogP contribution in [0.4, 0.5) is 0 Å². The highest BCUT2D eigenvalue weighted by atomic mass is 16.5. The molecule has 1 aromatic heterocycles. The Morgan fingerprint density at radius 1 is 0.511 bits per heavy atom. The van der Waals surface area contributed by atoms with E-state index in [0.717, 1.165) is 11.5 Å². The van der Waals surface area contributed by atoms with Crippen molar-refractivity contribution in [1.29, 1.82) is 0 Å². The molecule has 2 aliphatic rings. The standard InChI is InChI=1S/C44H38BNO/c1-43(2,3)31-18-19-35-39(25-31)47-40-26-32(44(4,5)6)24-38-41(40)45(35)36-23-30(28-15-11-8-12-16-28)22-34-33-21-29(27-13-9-7-10-14-27)17-20-37(33)46(38)42(34)36/h7-26H,1-6H3. The van der Waals surface area contributed by atoms with Gasteiger partial charge in [-0.2, -0.15) is 0 Å². The van der Waals surface area contributed by atoms with Gasteiger partial charge in [-0.3, -0.25) is 0 Å². The van der Waals surface area contributed by atoms with Crippen LogP contribution in [0, 0.1) is 0 Å². The number of rotatable bonds is 2. The monoisotopic (exact) mass is 607 g/mol. The second-order valence-corrected chi connectivity index (χ2v) is 15.5. The lowest BCUT2D eigenvalue weighted by Crippen LogP contribution is -2.58. The first kappa shape index (κ1) is 28.2. The second kappa shape index (κ2) is 9.75. The first-order valence-corrected chi connectivity index (χ1v) is 16.8. The van der Waals surface area contributed by atoms with E-state index in [2.05, 4.69) is 167 Å². The summed E-state index contributed by atoms with van der Waals surface area (Å²) in [5, 5.41) is 2.57. The summed E-state index contributed by atoms with van der Waals surface area (Å²) in [6, 6.07) is 45.1. The van der Waals surface area contributed by atoms with E-state index < -0.39 is 0 Å². The van der Waals surface area contributed by atoms with Crippen molar-refractivity contribution < 1.29 is 4.74 Å². The Labute approximate surface area is 277 Å². The largest absolute Gasteiger partial charge is 0.458 e. The van der Waals surface area contributed by atoms with E-state index in [9.17, 15) is 0 Å². The number of hydrogen-bond acceptors (Lipinski definition) is 1. The van der Waals surface area contributed by atoms with E-state index in [-0.39, 0.29) is 17.5 Å². The van der Waals surface area contributed by atoms with Crippen molar-refractivity contribution in [2.45, 2.75) is 52.4 Å². The predicted molar refractivity (Wildman–Crippen MR) is 200 cm³/mol. The Balaban J connectivity index is 1.44. The molecule has 6 aromatic carbocycles. The fourth-order valence-electron chi connectivity index (χ4n) is 7.79. The number of benzene rings is 6. The lowest BCUT2D eigenvalue weighted by Gasteiger charge is -2.36. The number of nitrogens with zero attached hydrogens (tertiary/aromatic N) is 1. The van der Waals surface area contributed by atoms with Gasteiger partial charge in [-0.05, 0) is 97.0 Å². The molecule has 0 N–H and O–H groups in total. The van der Waals surface area contributed by atoms with Crippen LogP contribution in [0.3, 0.4) is 0 Å². The summed E-state index contributed by atoms with van der Waals surface area (Å²) in [6.07, 6.45) is 0. The van der Waals surface area contributed by atoms with Gasteiger partial charge in [0, 0.05) is 22.0 Å². The number of ether oxygens (including phenoxy) is 1. The molecular weight excluding hydrogens is 569 g/mol. The lowest BCUT2D eigenvalue weighted by molar-refractivity contribution is 0.479. The molecule has 0 amide bonds. The van der Waals surface area contributed by atoms with Crippen LogP contribution in [-0.4, -0.2) is 11.3 Å². The third-order valence-electron chi connectivity index (χ3n) is 10.3. The Hall–Kier alpha value is -5.02. The van der Waals surface area contributed by atoms with Crippen LogP contribution in [0.2, 0.25) is 0 Å². The van der Waals surface area contributed by atoms with Gasteiger partial charge in [0.2, 0.25) is 0 Å². The molecule has 3 heterocycles. The topological polar surface area (TPSA) is 14.2 Å². The van der Waals surface area contributed by atoms with Gasteiger partial charge >= 0.3 is 0 Å². The summed E-state index contributed by atoms with van der Waals surface area (Å²) in [6.45, 7) is 13.8. The van der Waals surface area contributed by atoms with Crippen LogP contribution in [0.5, 0.6) is 11.5 Å². The molecule has 47 heavy (non-hydrogen) atoms. The Morgan fingerprint density at radius 2 is 1.15 bits per heavy atom. The molecule has 3 heteroatoms. The quantitative estimate of drug-likeness (QED) is 0.179. The zero-order valence-corrected chi connectivity index (χ0v) is 28.0. The predicted octanol–water partition coefficient (Wildman–Crippen LogP) is 9.65. The lowest BCUT2D eigenvalue weighted by atomic mass is 9.34. The number of aromatic nitrogens is 1. The van der Waals surface area contributed by atoms with Crippen molar-refractivity contribution >= 4 is 44.9 Å². The Morgan fingerprint density at radius 3 is 1.83 bits per heavy atom. The maximum atomic E-state index is 6.97. The van der Waals surface area contributed by atoms with Gasteiger partial charge in [0.05, 0.1) is 5.52 Å². The van der Waals surface area contributed by atoms with Crippen molar-refractivity contribution in [3.63, 3.8) is 0 Å². The fraction of sp³-hybridized carbons (Fsp3) is 0.182. The molecule has 9 rings (SSSR count). The molecule has 0 unspecified atom stereocenters. The SMILES string of the molecule is CC(C)(C)c1ccc2c(c1)Oc1cc(C(C)(C)C)cc3c1B2c1cc(-c2ccccc2)cc2c4cc(-c5ccccc5)ccc4n-3c12.